The van der Waals surface area contributed by atoms with Gasteiger partial charge >= 0.3 is 0 Å². The summed E-state index contributed by atoms with van der Waals surface area (Å²) < 4.78 is 18.8. The molecule has 0 spiro atoms. The molecular weight excluding hydrogens is 413 g/mol. The second-order valence-electron chi connectivity index (χ2n) is 8.18. The summed E-state index contributed by atoms with van der Waals surface area (Å²) >= 11 is 1.75. The number of oxazole rings is 1. The first-order valence-electron chi connectivity index (χ1n) is 10.8. The zero-order chi connectivity index (χ0) is 21.6. The van der Waals surface area contributed by atoms with Gasteiger partial charge in [-0.25, -0.2) is 9.37 Å². The highest BCUT2D eigenvalue weighted by molar-refractivity contribution is 7.10. The molecule has 3 heterocycles. The molecule has 5 nitrogen and oxygen atoms in total. The van der Waals surface area contributed by atoms with Gasteiger partial charge in [0.15, 0.2) is 11.7 Å². The van der Waals surface area contributed by atoms with Gasteiger partial charge in [0, 0.05) is 29.8 Å². The summed E-state index contributed by atoms with van der Waals surface area (Å²) in [6.45, 7) is 5.06. The molecule has 164 valence electrons. The maximum atomic E-state index is 13.1. The van der Waals surface area contributed by atoms with E-state index in [0.29, 0.717) is 31.0 Å². The Bertz CT molecular complexity index is 963. The van der Waals surface area contributed by atoms with Crippen LogP contribution in [0.25, 0.3) is 11.3 Å². The van der Waals surface area contributed by atoms with Crippen molar-refractivity contribution in [1.82, 2.24) is 15.2 Å². The number of benzene rings is 1. The van der Waals surface area contributed by atoms with Gasteiger partial charge in [-0.05, 0) is 67.6 Å². The Balaban J connectivity index is 1.29. The maximum Gasteiger partial charge on any atom is 0.220 e. The number of aryl methyl sites for hydroxylation is 1. The predicted molar refractivity (Wildman–Crippen MR) is 120 cm³/mol. The summed E-state index contributed by atoms with van der Waals surface area (Å²) in [7, 11) is 0. The first-order chi connectivity index (χ1) is 15.1. The van der Waals surface area contributed by atoms with E-state index in [-0.39, 0.29) is 17.8 Å². The molecule has 31 heavy (non-hydrogen) atoms. The molecule has 2 aromatic heterocycles. The largest absolute Gasteiger partial charge is 0.441 e. The van der Waals surface area contributed by atoms with Gasteiger partial charge in [-0.2, -0.15) is 0 Å². The molecule has 1 fully saturated rings. The zero-order valence-corrected chi connectivity index (χ0v) is 18.5. The zero-order valence-electron chi connectivity index (χ0n) is 17.7. The third-order valence-electron chi connectivity index (χ3n) is 5.87. The minimum Gasteiger partial charge on any atom is -0.441 e. The monoisotopic (exact) mass is 441 g/mol. The van der Waals surface area contributed by atoms with Crippen LogP contribution in [0.2, 0.25) is 0 Å². The lowest BCUT2D eigenvalue weighted by Crippen LogP contribution is -2.41. The number of thiophene rings is 1. The number of hydrogen-bond acceptors (Lipinski definition) is 5. The van der Waals surface area contributed by atoms with Gasteiger partial charge in [0.25, 0.3) is 0 Å². The molecule has 3 aromatic rings. The van der Waals surface area contributed by atoms with Gasteiger partial charge in [-0.1, -0.05) is 13.0 Å². The number of aromatic nitrogens is 1. The second-order valence-corrected chi connectivity index (χ2v) is 9.16. The lowest BCUT2D eigenvalue weighted by molar-refractivity contribution is -0.121. The summed E-state index contributed by atoms with van der Waals surface area (Å²) in [5.74, 6) is 1.56. The fourth-order valence-electron chi connectivity index (χ4n) is 3.92. The molecule has 0 aliphatic carbocycles. The topological polar surface area (TPSA) is 58.4 Å². The Morgan fingerprint density at radius 2 is 2.06 bits per heavy atom. The lowest BCUT2D eigenvalue weighted by atomic mass is 9.97. The molecule has 1 aliphatic rings. The molecule has 0 unspecified atom stereocenters. The van der Waals surface area contributed by atoms with Crippen LogP contribution in [-0.4, -0.2) is 35.4 Å². The minimum atomic E-state index is -0.292. The van der Waals surface area contributed by atoms with E-state index in [0.717, 1.165) is 24.6 Å². The second kappa shape index (κ2) is 10.2. The highest BCUT2D eigenvalue weighted by Crippen LogP contribution is 2.29. The molecule has 1 amide bonds. The van der Waals surface area contributed by atoms with Crippen LogP contribution in [0.1, 0.15) is 43.0 Å². The summed E-state index contributed by atoms with van der Waals surface area (Å²) in [5, 5.41) is 5.20. The molecule has 0 bridgehead atoms. The van der Waals surface area contributed by atoms with Crippen molar-refractivity contribution >= 4 is 17.2 Å². The number of rotatable bonds is 8. The van der Waals surface area contributed by atoms with Gasteiger partial charge in [0.05, 0.1) is 12.2 Å². The molecule has 1 N–H and O–H groups in total. The van der Waals surface area contributed by atoms with Gasteiger partial charge in [-0.3, -0.25) is 9.69 Å². The fraction of sp³-hybridized carbons (Fsp3) is 0.417. The van der Waals surface area contributed by atoms with E-state index in [2.05, 4.69) is 39.6 Å². The lowest BCUT2D eigenvalue weighted by Gasteiger charge is -2.36. The number of halogens is 1. The van der Waals surface area contributed by atoms with Crippen molar-refractivity contribution in [2.45, 2.75) is 38.6 Å². The number of nitrogens with one attached hydrogen (secondary N) is 1. The van der Waals surface area contributed by atoms with Crippen LogP contribution in [0, 0.1) is 11.7 Å². The van der Waals surface area contributed by atoms with Crippen molar-refractivity contribution in [2.75, 3.05) is 19.6 Å². The van der Waals surface area contributed by atoms with E-state index in [1.54, 1.807) is 29.7 Å². The number of carbonyl (C=O) groups is 1. The molecular formula is C24H28FN3O2S. The Labute approximate surface area is 186 Å². The first kappa shape index (κ1) is 21.7. The van der Waals surface area contributed by atoms with Crippen molar-refractivity contribution in [3.63, 3.8) is 0 Å². The SMILES string of the molecule is CC1CCN([C@@H](CNC(=O)CCc2ncc(-c3ccc(F)cc3)o2)c2cccs2)CC1. The third-order valence-corrected chi connectivity index (χ3v) is 6.84. The highest BCUT2D eigenvalue weighted by Gasteiger charge is 2.25. The number of carbonyl (C=O) groups excluding carboxylic acids is 1. The van der Waals surface area contributed by atoms with Crippen LogP contribution in [0.3, 0.4) is 0 Å². The fourth-order valence-corrected chi connectivity index (χ4v) is 4.78. The van der Waals surface area contributed by atoms with E-state index in [1.165, 1.54) is 29.9 Å². The van der Waals surface area contributed by atoms with Crippen LogP contribution < -0.4 is 5.32 Å². The Morgan fingerprint density at radius 3 is 2.77 bits per heavy atom. The number of likely N-dealkylation sites (tertiary alicyclic amines) is 1. The van der Waals surface area contributed by atoms with Crippen molar-refractivity contribution < 1.29 is 13.6 Å². The Kier molecular flexibility index (Phi) is 7.14. The normalized spacial score (nSPS) is 16.3. The van der Waals surface area contributed by atoms with Gasteiger partial charge in [-0.15, -0.1) is 11.3 Å². The maximum absolute atomic E-state index is 13.1. The van der Waals surface area contributed by atoms with E-state index in [9.17, 15) is 9.18 Å². The van der Waals surface area contributed by atoms with Gasteiger partial charge in [0.1, 0.15) is 5.82 Å². The standard InChI is InChI=1S/C24H28FN3O2S/c1-17-10-12-28(13-11-17)20(22-3-2-14-31-22)15-26-23(29)8-9-24-27-16-21(30-24)18-4-6-19(25)7-5-18/h2-7,14,16-17,20H,8-13,15H2,1H3,(H,26,29)/t20-/m0/s1. The highest BCUT2D eigenvalue weighted by atomic mass is 32.1. The summed E-state index contributed by atoms with van der Waals surface area (Å²) in [6.07, 6.45) is 4.77. The van der Waals surface area contributed by atoms with Crippen LogP contribution >= 0.6 is 11.3 Å². The van der Waals surface area contributed by atoms with E-state index in [1.807, 2.05) is 0 Å². The average molecular weight is 442 g/mol. The van der Waals surface area contributed by atoms with Gasteiger partial charge < -0.3 is 9.73 Å². The van der Waals surface area contributed by atoms with Crippen molar-refractivity contribution in [3.8, 4) is 11.3 Å². The number of amides is 1. The number of nitrogens with zero attached hydrogens (tertiary/aromatic N) is 2. The van der Waals surface area contributed by atoms with E-state index >= 15 is 0 Å². The molecule has 7 heteroatoms. The Hall–Kier alpha value is -2.51. The molecule has 1 aliphatic heterocycles. The first-order valence-corrected chi connectivity index (χ1v) is 11.7. The molecule has 0 radical (unpaired) electrons. The van der Waals surface area contributed by atoms with Crippen molar-refractivity contribution in [1.29, 1.82) is 0 Å². The minimum absolute atomic E-state index is 0.00605. The van der Waals surface area contributed by atoms with Crippen molar-refractivity contribution in [2.24, 2.45) is 5.92 Å². The number of hydrogen-bond donors (Lipinski definition) is 1. The molecule has 1 aromatic carbocycles. The summed E-state index contributed by atoms with van der Waals surface area (Å²) in [5.41, 5.74) is 0.763. The molecule has 0 saturated carbocycles. The number of piperidine rings is 1. The van der Waals surface area contributed by atoms with E-state index in [4.69, 9.17) is 4.42 Å². The molecule has 1 atom stereocenters. The predicted octanol–water partition coefficient (Wildman–Crippen LogP) is 5.06. The van der Waals surface area contributed by atoms with Crippen molar-refractivity contribution in [3.05, 3.63) is 64.6 Å². The third kappa shape index (κ3) is 5.80. The molecule has 4 rings (SSSR count). The molecule has 1 saturated heterocycles. The summed E-state index contributed by atoms with van der Waals surface area (Å²) in [4.78, 5) is 20.6. The average Bonchev–Trinajstić information content (AvgIpc) is 3.47. The van der Waals surface area contributed by atoms with Crippen LogP contribution in [0.5, 0.6) is 0 Å². The summed E-state index contributed by atoms with van der Waals surface area (Å²) in [6, 6.07) is 10.5. The van der Waals surface area contributed by atoms with Crippen LogP contribution in [0.4, 0.5) is 4.39 Å². The van der Waals surface area contributed by atoms with E-state index < -0.39 is 0 Å². The van der Waals surface area contributed by atoms with Crippen LogP contribution in [-0.2, 0) is 11.2 Å². The van der Waals surface area contributed by atoms with Crippen LogP contribution in [0.15, 0.2) is 52.4 Å². The smallest absolute Gasteiger partial charge is 0.220 e. The Morgan fingerprint density at radius 1 is 1.29 bits per heavy atom. The quantitative estimate of drug-likeness (QED) is 0.531. The van der Waals surface area contributed by atoms with Gasteiger partial charge in [0.2, 0.25) is 5.91 Å².